The van der Waals surface area contributed by atoms with E-state index >= 15 is 0 Å². The predicted molar refractivity (Wildman–Crippen MR) is 86.9 cm³/mol. The lowest BCUT2D eigenvalue weighted by molar-refractivity contribution is 0.0672. The van der Waals surface area contributed by atoms with Crippen molar-refractivity contribution >= 4 is 11.6 Å². The maximum Gasteiger partial charge on any atom is 0.256 e. The van der Waals surface area contributed by atoms with Gasteiger partial charge in [-0.05, 0) is 31.0 Å². The second-order valence-corrected chi connectivity index (χ2v) is 5.26. The SMILES string of the molecule is CCC(C)N(Cc1ccccc1)C(=O)c1ccccc1N. The van der Waals surface area contributed by atoms with Gasteiger partial charge in [0.15, 0.2) is 0 Å². The van der Waals surface area contributed by atoms with Gasteiger partial charge in [-0.3, -0.25) is 4.79 Å². The minimum absolute atomic E-state index is 0.00805. The van der Waals surface area contributed by atoms with Crippen LogP contribution in [0.25, 0.3) is 0 Å². The van der Waals surface area contributed by atoms with Gasteiger partial charge in [0, 0.05) is 18.3 Å². The lowest BCUT2D eigenvalue weighted by Gasteiger charge is -2.29. The van der Waals surface area contributed by atoms with E-state index < -0.39 is 0 Å². The lowest BCUT2D eigenvalue weighted by Crippen LogP contribution is -2.38. The Labute approximate surface area is 126 Å². The number of hydrogen-bond acceptors (Lipinski definition) is 2. The summed E-state index contributed by atoms with van der Waals surface area (Å²) in [6, 6.07) is 17.5. The van der Waals surface area contributed by atoms with Crippen LogP contribution in [0, 0.1) is 0 Å². The molecule has 2 N–H and O–H groups in total. The van der Waals surface area contributed by atoms with E-state index in [9.17, 15) is 4.79 Å². The Kier molecular flexibility index (Phi) is 4.99. The molecule has 0 heterocycles. The third-order valence-electron chi connectivity index (χ3n) is 3.77. The van der Waals surface area contributed by atoms with E-state index in [0.29, 0.717) is 17.8 Å². The number of rotatable bonds is 5. The molecule has 110 valence electrons. The molecule has 0 fully saturated rings. The number of amides is 1. The van der Waals surface area contributed by atoms with Crippen molar-refractivity contribution in [3.63, 3.8) is 0 Å². The molecule has 2 aromatic carbocycles. The zero-order valence-electron chi connectivity index (χ0n) is 12.6. The van der Waals surface area contributed by atoms with Crippen LogP contribution >= 0.6 is 0 Å². The number of para-hydroxylation sites is 1. The normalized spacial score (nSPS) is 11.9. The average molecular weight is 282 g/mol. The smallest absolute Gasteiger partial charge is 0.256 e. The first-order valence-electron chi connectivity index (χ1n) is 7.33. The van der Waals surface area contributed by atoms with Crippen molar-refractivity contribution in [3.05, 3.63) is 65.7 Å². The average Bonchev–Trinajstić information content (AvgIpc) is 2.53. The predicted octanol–water partition coefficient (Wildman–Crippen LogP) is 3.71. The van der Waals surface area contributed by atoms with Crippen LogP contribution in [0.2, 0.25) is 0 Å². The van der Waals surface area contributed by atoms with E-state index in [0.717, 1.165) is 12.0 Å². The molecule has 1 amide bonds. The van der Waals surface area contributed by atoms with E-state index in [2.05, 4.69) is 13.8 Å². The molecule has 0 aromatic heterocycles. The number of anilines is 1. The summed E-state index contributed by atoms with van der Waals surface area (Å²) in [4.78, 5) is 14.7. The maximum atomic E-state index is 12.8. The Morgan fingerprint density at radius 1 is 1.10 bits per heavy atom. The number of carbonyl (C=O) groups is 1. The fraction of sp³-hybridized carbons (Fsp3) is 0.278. The van der Waals surface area contributed by atoms with Gasteiger partial charge >= 0.3 is 0 Å². The van der Waals surface area contributed by atoms with Gasteiger partial charge in [0.1, 0.15) is 0 Å². The summed E-state index contributed by atoms with van der Waals surface area (Å²) in [7, 11) is 0. The van der Waals surface area contributed by atoms with Gasteiger partial charge in [-0.25, -0.2) is 0 Å². The first-order valence-corrected chi connectivity index (χ1v) is 7.33. The molecule has 3 heteroatoms. The molecule has 2 aromatic rings. The molecule has 0 aliphatic heterocycles. The fourth-order valence-corrected chi connectivity index (χ4v) is 2.27. The quantitative estimate of drug-likeness (QED) is 0.850. The third kappa shape index (κ3) is 3.63. The second kappa shape index (κ2) is 6.93. The van der Waals surface area contributed by atoms with Crippen LogP contribution in [0.5, 0.6) is 0 Å². The number of hydrogen-bond donors (Lipinski definition) is 1. The Bertz CT molecular complexity index is 595. The number of carbonyl (C=O) groups excluding carboxylic acids is 1. The van der Waals surface area contributed by atoms with Crippen LogP contribution in [-0.4, -0.2) is 16.8 Å². The zero-order valence-corrected chi connectivity index (χ0v) is 12.6. The highest BCUT2D eigenvalue weighted by Crippen LogP contribution is 2.19. The molecule has 1 atom stereocenters. The van der Waals surface area contributed by atoms with Gasteiger partial charge in [0.05, 0.1) is 5.56 Å². The van der Waals surface area contributed by atoms with Crippen molar-refractivity contribution in [1.29, 1.82) is 0 Å². The molecule has 0 saturated carbocycles. The minimum atomic E-state index is -0.00805. The van der Waals surface area contributed by atoms with Gasteiger partial charge in [0.2, 0.25) is 0 Å². The van der Waals surface area contributed by atoms with Crippen molar-refractivity contribution in [2.75, 3.05) is 5.73 Å². The highest BCUT2D eigenvalue weighted by Gasteiger charge is 2.22. The fourth-order valence-electron chi connectivity index (χ4n) is 2.27. The highest BCUT2D eigenvalue weighted by molar-refractivity contribution is 5.99. The molecule has 0 aliphatic carbocycles. The highest BCUT2D eigenvalue weighted by atomic mass is 16.2. The largest absolute Gasteiger partial charge is 0.398 e. The molecule has 0 bridgehead atoms. The van der Waals surface area contributed by atoms with Gasteiger partial charge in [0.25, 0.3) is 5.91 Å². The molecule has 0 aliphatic rings. The summed E-state index contributed by atoms with van der Waals surface area (Å²) in [6.07, 6.45) is 0.908. The summed E-state index contributed by atoms with van der Waals surface area (Å²) in [6.45, 7) is 4.76. The molecule has 0 radical (unpaired) electrons. The lowest BCUT2D eigenvalue weighted by atomic mass is 10.1. The van der Waals surface area contributed by atoms with Crippen LogP contribution in [0.1, 0.15) is 36.2 Å². The molecular formula is C18H22N2O. The molecule has 0 saturated heterocycles. The third-order valence-corrected chi connectivity index (χ3v) is 3.77. The van der Waals surface area contributed by atoms with Crippen molar-refractivity contribution in [2.45, 2.75) is 32.9 Å². The Balaban J connectivity index is 2.28. The van der Waals surface area contributed by atoms with E-state index in [1.165, 1.54) is 0 Å². The molecule has 1 unspecified atom stereocenters. The van der Waals surface area contributed by atoms with Gasteiger partial charge in [-0.2, -0.15) is 0 Å². The van der Waals surface area contributed by atoms with Crippen molar-refractivity contribution in [1.82, 2.24) is 4.90 Å². The number of nitrogens with zero attached hydrogens (tertiary/aromatic N) is 1. The molecular weight excluding hydrogens is 260 g/mol. The van der Waals surface area contributed by atoms with Crippen molar-refractivity contribution in [2.24, 2.45) is 0 Å². The van der Waals surface area contributed by atoms with Crippen molar-refractivity contribution in [3.8, 4) is 0 Å². The van der Waals surface area contributed by atoms with Crippen molar-refractivity contribution < 1.29 is 4.79 Å². The van der Waals surface area contributed by atoms with Crippen LogP contribution in [0.3, 0.4) is 0 Å². The number of nitrogens with two attached hydrogens (primary N) is 1. The minimum Gasteiger partial charge on any atom is -0.398 e. The number of nitrogen functional groups attached to an aromatic ring is 1. The number of benzene rings is 2. The van der Waals surface area contributed by atoms with Crippen LogP contribution < -0.4 is 5.73 Å². The summed E-state index contributed by atoms with van der Waals surface area (Å²) in [5, 5.41) is 0. The molecule has 21 heavy (non-hydrogen) atoms. The van der Waals surface area contributed by atoms with E-state index in [-0.39, 0.29) is 11.9 Å². The van der Waals surface area contributed by atoms with Gasteiger partial charge in [-0.1, -0.05) is 49.4 Å². The van der Waals surface area contributed by atoms with Gasteiger partial charge < -0.3 is 10.6 Å². The molecule has 0 spiro atoms. The first kappa shape index (κ1) is 15.1. The summed E-state index contributed by atoms with van der Waals surface area (Å²) >= 11 is 0. The second-order valence-electron chi connectivity index (χ2n) is 5.26. The van der Waals surface area contributed by atoms with Gasteiger partial charge in [-0.15, -0.1) is 0 Å². The molecule has 2 rings (SSSR count). The summed E-state index contributed by atoms with van der Waals surface area (Å²) < 4.78 is 0. The van der Waals surface area contributed by atoms with E-state index in [1.54, 1.807) is 12.1 Å². The Hall–Kier alpha value is -2.29. The summed E-state index contributed by atoms with van der Waals surface area (Å²) in [5.41, 5.74) is 8.18. The maximum absolute atomic E-state index is 12.8. The Morgan fingerprint density at radius 2 is 1.71 bits per heavy atom. The topological polar surface area (TPSA) is 46.3 Å². The first-order chi connectivity index (χ1) is 10.1. The standard InChI is InChI=1S/C18H22N2O/c1-3-14(2)20(13-15-9-5-4-6-10-15)18(21)16-11-7-8-12-17(16)19/h4-12,14H,3,13,19H2,1-2H3. The van der Waals surface area contributed by atoms with E-state index in [1.807, 2.05) is 47.4 Å². The summed E-state index contributed by atoms with van der Waals surface area (Å²) in [5.74, 6) is -0.00805. The molecule has 3 nitrogen and oxygen atoms in total. The Morgan fingerprint density at radius 3 is 2.33 bits per heavy atom. The van der Waals surface area contributed by atoms with E-state index in [4.69, 9.17) is 5.73 Å². The van der Waals surface area contributed by atoms with Crippen LogP contribution in [0.4, 0.5) is 5.69 Å². The van der Waals surface area contributed by atoms with Crippen LogP contribution in [0.15, 0.2) is 54.6 Å². The van der Waals surface area contributed by atoms with Crippen LogP contribution in [-0.2, 0) is 6.54 Å². The monoisotopic (exact) mass is 282 g/mol. The zero-order chi connectivity index (χ0) is 15.2.